The molecule has 5 nitrogen and oxygen atoms in total. The maximum atomic E-state index is 11.3. The summed E-state index contributed by atoms with van der Waals surface area (Å²) < 4.78 is 6.49. The smallest absolute Gasteiger partial charge is 0.318 e. The number of methoxy groups -OCH3 is 1. The van der Waals surface area contributed by atoms with E-state index in [9.17, 15) is 9.59 Å². The fraction of sp³-hybridized carbons (Fsp3) is 0.545. The Kier molecular flexibility index (Phi) is 4.74. The summed E-state index contributed by atoms with van der Waals surface area (Å²) in [6.45, 7) is 5.69. The lowest BCUT2D eigenvalue weighted by Gasteiger charge is -2.16. The number of carbonyl (C=O) groups is 1. The summed E-state index contributed by atoms with van der Waals surface area (Å²) in [5.74, 6) is -0.330. The molecule has 0 saturated carbocycles. The Labute approximate surface area is 104 Å². The molecule has 0 fully saturated rings. The zero-order chi connectivity index (χ0) is 13.0. The number of rotatable bonds is 4. The minimum Gasteiger partial charge on any atom is -0.468 e. The standard InChI is InChI=1S/C11H16N2O3S/c1-7(2)13-6-5-9(14)12-11(13)17-8(3)10(15)16-4/h5-8H,1-4H3/t8-/m0/s1. The fourth-order valence-electron chi connectivity index (χ4n) is 1.25. The Bertz CT molecular complexity index is 456. The molecule has 6 heteroatoms. The summed E-state index contributed by atoms with van der Waals surface area (Å²) in [7, 11) is 1.34. The molecule has 0 radical (unpaired) electrons. The van der Waals surface area contributed by atoms with Gasteiger partial charge in [0.25, 0.3) is 5.56 Å². The molecule has 0 unspecified atom stereocenters. The molecule has 0 aliphatic rings. The summed E-state index contributed by atoms with van der Waals surface area (Å²) in [5, 5.41) is 0.143. The number of hydrogen-bond acceptors (Lipinski definition) is 5. The predicted molar refractivity (Wildman–Crippen MR) is 66.2 cm³/mol. The van der Waals surface area contributed by atoms with E-state index in [0.29, 0.717) is 5.16 Å². The van der Waals surface area contributed by atoms with E-state index in [0.717, 1.165) is 0 Å². The number of carbonyl (C=O) groups excluding carboxylic acids is 1. The molecule has 0 aliphatic carbocycles. The summed E-state index contributed by atoms with van der Waals surface area (Å²) in [4.78, 5) is 26.5. The maximum absolute atomic E-state index is 11.3. The molecule has 0 spiro atoms. The van der Waals surface area contributed by atoms with Crippen molar-refractivity contribution in [3.8, 4) is 0 Å². The van der Waals surface area contributed by atoms with Gasteiger partial charge in [-0.1, -0.05) is 11.8 Å². The molecule has 94 valence electrons. The summed E-state index contributed by atoms with van der Waals surface area (Å²) in [6.07, 6.45) is 1.69. The molecular weight excluding hydrogens is 240 g/mol. The second-order valence-corrected chi connectivity index (χ2v) is 5.14. The van der Waals surface area contributed by atoms with Crippen LogP contribution in [0.5, 0.6) is 0 Å². The number of nitrogens with zero attached hydrogens (tertiary/aromatic N) is 2. The molecule has 1 aromatic rings. The van der Waals surface area contributed by atoms with E-state index in [-0.39, 0.29) is 22.8 Å². The summed E-state index contributed by atoms with van der Waals surface area (Å²) in [6, 6.07) is 1.59. The number of aromatic nitrogens is 2. The molecule has 1 heterocycles. The Morgan fingerprint density at radius 2 is 2.12 bits per heavy atom. The normalized spacial score (nSPS) is 12.5. The molecule has 0 saturated heterocycles. The van der Waals surface area contributed by atoms with Gasteiger partial charge in [0.05, 0.1) is 7.11 Å². The molecule has 1 aromatic heterocycles. The first-order valence-electron chi connectivity index (χ1n) is 5.29. The Morgan fingerprint density at radius 1 is 1.47 bits per heavy atom. The van der Waals surface area contributed by atoms with Gasteiger partial charge in [0.15, 0.2) is 5.16 Å². The highest BCUT2D eigenvalue weighted by Gasteiger charge is 2.18. The first-order chi connectivity index (χ1) is 7.95. The highest BCUT2D eigenvalue weighted by molar-refractivity contribution is 8.00. The average molecular weight is 256 g/mol. The van der Waals surface area contributed by atoms with Gasteiger partial charge in [-0.15, -0.1) is 0 Å². The van der Waals surface area contributed by atoms with Crippen LogP contribution in [-0.4, -0.2) is 27.9 Å². The van der Waals surface area contributed by atoms with Crippen molar-refractivity contribution < 1.29 is 9.53 Å². The van der Waals surface area contributed by atoms with Crippen LogP contribution in [0.15, 0.2) is 22.2 Å². The van der Waals surface area contributed by atoms with Crippen LogP contribution in [0.2, 0.25) is 0 Å². The first-order valence-corrected chi connectivity index (χ1v) is 6.17. The van der Waals surface area contributed by atoms with Gasteiger partial charge < -0.3 is 9.30 Å². The summed E-state index contributed by atoms with van der Waals surface area (Å²) in [5.41, 5.74) is -0.304. The van der Waals surface area contributed by atoms with E-state index in [1.54, 1.807) is 13.1 Å². The number of esters is 1. The molecule has 1 rings (SSSR count). The third-order valence-electron chi connectivity index (χ3n) is 2.18. The second-order valence-electron chi connectivity index (χ2n) is 3.83. The third kappa shape index (κ3) is 3.59. The van der Waals surface area contributed by atoms with Crippen molar-refractivity contribution in [1.29, 1.82) is 0 Å². The molecule has 0 bridgehead atoms. The fourth-order valence-corrected chi connectivity index (χ4v) is 2.29. The van der Waals surface area contributed by atoms with E-state index >= 15 is 0 Å². The van der Waals surface area contributed by atoms with Crippen molar-refractivity contribution in [3.63, 3.8) is 0 Å². The zero-order valence-corrected chi connectivity index (χ0v) is 11.2. The van der Waals surface area contributed by atoms with Gasteiger partial charge in [-0.3, -0.25) is 9.59 Å². The minimum atomic E-state index is -0.390. The van der Waals surface area contributed by atoms with Crippen LogP contribution < -0.4 is 5.56 Å². The number of hydrogen-bond donors (Lipinski definition) is 0. The van der Waals surface area contributed by atoms with Gasteiger partial charge in [-0.25, -0.2) is 0 Å². The molecular formula is C11H16N2O3S. The highest BCUT2D eigenvalue weighted by atomic mass is 32.2. The molecule has 0 N–H and O–H groups in total. The van der Waals surface area contributed by atoms with Crippen LogP contribution in [0.25, 0.3) is 0 Å². The molecule has 0 amide bonds. The van der Waals surface area contributed by atoms with Crippen molar-refractivity contribution >= 4 is 17.7 Å². The van der Waals surface area contributed by atoms with Crippen molar-refractivity contribution in [3.05, 3.63) is 22.6 Å². The van der Waals surface area contributed by atoms with Crippen molar-refractivity contribution in [2.75, 3.05) is 7.11 Å². The maximum Gasteiger partial charge on any atom is 0.318 e. The lowest BCUT2D eigenvalue weighted by atomic mass is 10.4. The highest BCUT2D eigenvalue weighted by Crippen LogP contribution is 2.23. The Balaban J connectivity index is 3.00. The van der Waals surface area contributed by atoms with E-state index in [1.807, 2.05) is 18.4 Å². The topological polar surface area (TPSA) is 61.2 Å². The van der Waals surface area contributed by atoms with Gasteiger partial charge in [-0.2, -0.15) is 4.98 Å². The number of ether oxygens (including phenoxy) is 1. The molecule has 0 aromatic carbocycles. The number of thioether (sulfide) groups is 1. The Morgan fingerprint density at radius 3 is 2.65 bits per heavy atom. The SMILES string of the molecule is COC(=O)[C@H](C)Sc1nc(=O)ccn1C(C)C. The van der Waals surface area contributed by atoms with Gasteiger partial charge >= 0.3 is 5.97 Å². The van der Waals surface area contributed by atoms with Crippen LogP contribution in [0.3, 0.4) is 0 Å². The lowest BCUT2D eigenvalue weighted by Crippen LogP contribution is -2.20. The average Bonchev–Trinajstić information content (AvgIpc) is 2.27. The largest absolute Gasteiger partial charge is 0.468 e. The lowest BCUT2D eigenvalue weighted by molar-refractivity contribution is -0.139. The van der Waals surface area contributed by atoms with Gasteiger partial charge in [0.2, 0.25) is 0 Å². The van der Waals surface area contributed by atoms with Gasteiger partial charge in [0.1, 0.15) is 5.25 Å². The van der Waals surface area contributed by atoms with E-state index in [4.69, 9.17) is 0 Å². The second kappa shape index (κ2) is 5.86. The predicted octanol–water partition coefficient (Wildman–Crippen LogP) is 1.48. The van der Waals surface area contributed by atoms with Crippen LogP contribution in [0.1, 0.15) is 26.8 Å². The third-order valence-corrected chi connectivity index (χ3v) is 3.23. The van der Waals surface area contributed by atoms with Gasteiger partial charge in [-0.05, 0) is 20.8 Å². The van der Waals surface area contributed by atoms with Crippen molar-refractivity contribution in [2.45, 2.75) is 37.2 Å². The molecule has 17 heavy (non-hydrogen) atoms. The summed E-state index contributed by atoms with van der Waals surface area (Å²) >= 11 is 1.22. The molecule has 1 atom stereocenters. The molecule has 0 aliphatic heterocycles. The van der Waals surface area contributed by atoms with E-state index in [2.05, 4.69) is 9.72 Å². The van der Waals surface area contributed by atoms with Crippen LogP contribution in [0, 0.1) is 0 Å². The van der Waals surface area contributed by atoms with Crippen molar-refractivity contribution in [2.24, 2.45) is 0 Å². The minimum absolute atomic E-state index is 0.176. The van der Waals surface area contributed by atoms with E-state index < -0.39 is 0 Å². The Hall–Kier alpha value is -1.30. The zero-order valence-electron chi connectivity index (χ0n) is 10.3. The van der Waals surface area contributed by atoms with E-state index in [1.165, 1.54) is 24.9 Å². The van der Waals surface area contributed by atoms with Crippen LogP contribution in [0.4, 0.5) is 0 Å². The quantitative estimate of drug-likeness (QED) is 0.464. The van der Waals surface area contributed by atoms with Crippen molar-refractivity contribution in [1.82, 2.24) is 9.55 Å². The monoisotopic (exact) mass is 256 g/mol. The first kappa shape index (κ1) is 13.8. The van der Waals surface area contributed by atoms with Crippen LogP contribution in [-0.2, 0) is 9.53 Å². The van der Waals surface area contributed by atoms with Gasteiger partial charge in [0, 0.05) is 18.3 Å². The van der Waals surface area contributed by atoms with Crippen LogP contribution >= 0.6 is 11.8 Å².